The highest BCUT2D eigenvalue weighted by molar-refractivity contribution is 7.89. The summed E-state index contributed by atoms with van der Waals surface area (Å²) < 4.78 is 39.4. The third-order valence-corrected chi connectivity index (χ3v) is 8.59. The van der Waals surface area contributed by atoms with Gasteiger partial charge in [0.05, 0.1) is 11.3 Å². The van der Waals surface area contributed by atoms with Crippen LogP contribution in [-0.2, 0) is 21.2 Å². The maximum Gasteiger partial charge on any atom is 0.251 e. The number of nitrogens with zero attached hydrogens (tertiary/aromatic N) is 1. The molecular weight excluding hydrogens is 440 g/mol. The molecule has 2 fully saturated rings. The van der Waals surface area contributed by atoms with Gasteiger partial charge in [-0.05, 0) is 55.5 Å². The molecule has 7 nitrogen and oxygen atoms in total. The topological polar surface area (TPSA) is 84.9 Å². The average molecular weight is 471 g/mol. The minimum atomic E-state index is -3.47. The SMILES string of the molecule is O=C(Cc1ccc(S(=O)(=O)N2CCCCC2)cc1)Nc1ccc2c(c1)OC1(CCCCC1)O2. The van der Waals surface area contributed by atoms with Crippen molar-refractivity contribution in [2.45, 2.75) is 68.5 Å². The lowest BCUT2D eigenvalue weighted by Gasteiger charge is -2.31. The van der Waals surface area contributed by atoms with E-state index in [-0.39, 0.29) is 17.2 Å². The van der Waals surface area contributed by atoms with Gasteiger partial charge >= 0.3 is 0 Å². The lowest BCUT2D eigenvalue weighted by Crippen LogP contribution is -2.40. The van der Waals surface area contributed by atoms with Gasteiger partial charge in [0.15, 0.2) is 11.5 Å². The number of sulfonamides is 1. The van der Waals surface area contributed by atoms with E-state index in [9.17, 15) is 13.2 Å². The number of carbonyl (C=O) groups is 1. The summed E-state index contributed by atoms with van der Waals surface area (Å²) in [6.45, 7) is 1.15. The van der Waals surface area contributed by atoms with Crippen molar-refractivity contribution in [1.29, 1.82) is 0 Å². The number of hydrogen-bond donors (Lipinski definition) is 1. The zero-order chi connectivity index (χ0) is 22.9. The molecule has 8 heteroatoms. The largest absolute Gasteiger partial charge is 0.448 e. The second-order valence-corrected chi connectivity index (χ2v) is 11.1. The molecule has 0 bridgehead atoms. The van der Waals surface area contributed by atoms with E-state index in [0.717, 1.165) is 56.3 Å². The summed E-state index contributed by atoms with van der Waals surface area (Å²) in [7, 11) is -3.47. The Morgan fingerprint density at radius 3 is 2.27 bits per heavy atom. The predicted octanol–water partition coefficient (Wildman–Crippen LogP) is 4.47. The highest BCUT2D eigenvalue weighted by atomic mass is 32.2. The van der Waals surface area contributed by atoms with E-state index in [4.69, 9.17) is 9.47 Å². The molecule has 176 valence electrons. The van der Waals surface area contributed by atoms with Crippen molar-refractivity contribution >= 4 is 21.6 Å². The summed E-state index contributed by atoms with van der Waals surface area (Å²) in [6, 6.07) is 12.1. The zero-order valence-corrected chi connectivity index (χ0v) is 19.5. The van der Waals surface area contributed by atoms with Crippen LogP contribution in [0.2, 0.25) is 0 Å². The smallest absolute Gasteiger partial charge is 0.251 e. The van der Waals surface area contributed by atoms with Gasteiger partial charge < -0.3 is 14.8 Å². The minimum Gasteiger partial charge on any atom is -0.448 e. The van der Waals surface area contributed by atoms with Gasteiger partial charge in [0, 0.05) is 37.7 Å². The van der Waals surface area contributed by atoms with E-state index in [1.54, 1.807) is 28.6 Å². The van der Waals surface area contributed by atoms with Crippen molar-refractivity contribution in [3.8, 4) is 11.5 Å². The summed E-state index contributed by atoms with van der Waals surface area (Å²) in [4.78, 5) is 12.9. The van der Waals surface area contributed by atoms with E-state index in [1.165, 1.54) is 6.42 Å². The fourth-order valence-electron chi connectivity index (χ4n) is 4.89. The van der Waals surface area contributed by atoms with Crippen molar-refractivity contribution in [3.05, 3.63) is 48.0 Å². The first-order chi connectivity index (χ1) is 15.9. The van der Waals surface area contributed by atoms with Crippen LogP contribution < -0.4 is 14.8 Å². The molecule has 1 spiro atoms. The first kappa shape index (κ1) is 22.2. The molecule has 2 heterocycles. The maximum atomic E-state index is 12.8. The molecule has 5 rings (SSSR count). The first-order valence-electron chi connectivity index (χ1n) is 11.8. The fourth-order valence-corrected chi connectivity index (χ4v) is 6.41. The van der Waals surface area contributed by atoms with Crippen LogP contribution in [0.15, 0.2) is 47.4 Å². The number of piperidine rings is 1. The third kappa shape index (κ3) is 4.73. The van der Waals surface area contributed by atoms with E-state index < -0.39 is 15.8 Å². The molecule has 2 aromatic carbocycles. The van der Waals surface area contributed by atoms with E-state index >= 15 is 0 Å². The lowest BCUT2D eigenvalue weighted by molar-refractivity contribution is -0.115. The van der Waals surface area contributed by atoms with Crippen molar-refractivity contribution in [1.82, 2.24) is 4.31 Å². The summed E-state index contributed by atoms with van der Waals surface area (Å²) in [5, 5.41) is 2.91. The monoisotopic (exact) mass is 470 g/mol. The number of nitrogens with one attached hydrogen (secondary N) is 1. The second-order valence-electron chi connectivity index (χ2n) is 9.17. The molecule has 0 unspecified atom stereocenters. The molecule has 0 radical (unpaired) electrons. The number of carbonyl (C=O) groups excluding carboxylic acids is 1. The van der Waals surface area contributed by atoms with Crippen molar-refractivity contribution < 1.29 is 22.7 Å². The predicted molar refractivity (Wildman–Crippen MR) is 125 cm³/mol. The Labute approximate surface area is 195 Å². The van der Waals surface area contributed by atoms with E-state index in [1.807, 2.05) is 18.2 Å². The normalized spacial score (nSPS) is 20.0. The Morgan fingerprint density at radius 2 is 1.55 bits per heavy atom. The van der Waals surface area contributed by atoms with Crippen LogP contribution in [0.3, 0.4) is 0 Å². The number of anilines is 1. The van der Waals surface area contributed by atoms with Crippen LogP contribution in [0.5, 0.6) is 11.5 Å². The van der Waals surface area contributed by atoms with Gasteiger partial charge in [0.2, 0.25) is 15.9 Å². The van der Waals surface area contributed by atoms with Gasteiger partial charge in [-0.2, -0.15) is 4.31 Å². The molecule has 1 aliphatic carbocycles. The molecule has 1 saturated carbocycles. The molecule has 1 N–H and O–H groups in total. The summed E-state index contributed by atoms with van der Waals surface area (Å²) in [5.74, 6) is 0.676. The number of hydrogen-bond acceptors (Lipinski definition) is 5. The summed E-state index contributed by atoms with van der Waals surface area (Å²) >= 11 is 0. The average Bonchev–Trinajstić information content (AvgIpc) is 3.16. The molecule has 2 aliphatic heterocycles. The molecule has 3 aliphatic rings. The number of rotatable bonds is 5. The highest BCUT2D eigenvalue weighted by Crippen LogP contribution is 2.46. The van der Waals surface area contributed by atoms with Crippen molar-refractivity contribution in [3.63, 3.8) is 0 Å². The molecule has 0 aromatic heterocycles. The Morgan fingerprint density at radius 1 is 0.879 bits per heavy atom. The van der Waals surface area contributed by atoms with Crippen LogP contribution in [0.1, 0.15) is 56.9 Å². The minimum absolute atomic E-state index is 0.155. The van der Waals surface area contributed by atoms with Crippen molar-refractivity contribution in [2.75, 3.05) is 18.4 Å². The summed E-state index contributed by atoms with van der Waals surface area (Å²) in [5.41, 5.74) is 1.41. The number of ether oxygens (including phenoxy) is 2. The fraction of sp³-hybridized carbons (Fsp3) is 0.480. The number of benzene rings is 2. The van der Waals surface area contributed by atoms with Crippen LogP contribution in [0, 0.1) is 0 Å². The standard InChI is InChI=1S/C25H30N2O5S/c28-24(17-19-7-10-21(11-8-19)33(29,30)27-15-5-2-6-16-27)26-20-9-12-22-23(18-20)32-25(31-22)13-3-1-4-14-25/h7-12,18H,1-6,13-17H2,(H,26,28). The van der Waals surface area contributed by atoms with Crippen molar-refractivity contribution in [2.24, 2.45) is 0 Å². The molecule has 1 saturated heterocycles. The first-order valence-corrected chi connectivity index (χ1v) is 13.3. The molecule has 33 heavy (non-hydrogen) atoms. The zero-order valence-electron chi connectivity index (χ0n) is 18.7. The maximum absolute atomic E-state index is 12.8. The van der Waals surface area contributed by atoms with Gasteiger partial charge in [-0.1, -0.05) is 25.0 Å². The second kappa shape index (κ2) is 8.99. The Hall–Kier alpha value is -2.58. The van der Waals surface area contributed by atoms with Gasteiger partial charge in [-0.25, -0.2) is 8.42 Å². The lowest BCUT2D eigenvalue weighted by atomic mass is 9.94. The quantitative estimate of drug-likeness (QED) is 0.697. The number of amides is 1. The Kier molecular flexibility index (Phi) is 6.05. The molecular formula is C25H30N2O5S. The van der Waals surface area contributed by atoms with E-state index in [2.05, 4.69) is 5.32 Å². The van der Waals surface area contributed by atoms with Crippen LogP contribution >= 0.6 is 0 Å². The Bertz CT molecular complexity index is 1120. The molecule has 0 atom stereocenters. The summed E-state index contributed by atoms with van der Waals surface area (Å²) in [6.07, 6.45) is 8.19. The van der Waals surface area contributed by atoms with E-state index in [0.29, 0.717) is 24.5 Å². The third-order valence-electron chi connectivity index (χ3n) is 6.68. The highest BCUT2D eigenvalue weighted by Gasteiger charge is 2.42. The van der Waals surface area contributed by atoms with Crippen LogP contribution in [0.25, 0.3) is 0 Å². The van der Waals surface area contributed by atoms with Gasteiger partial charge in [0.25, 0.3) is 5.79 Å². The van der Waals surface area contributed by atoms with Gasteiger partial charge in [0.1, 0.15) is 0 Å². The van der Waals surface area contributed by atoms with Gasteiger partial charge in [-0.3, -0.25) is 4.79 Å². The molecule has 1 amide bonds. The van der Waals surface area contributed by atoms with Crippen LogP contribution in [0.4, 0.5) is 5.69 Å². The van der Waals surface area contributed by atoms with Gasteiger partial charge in [-0.15, -0.1) is 0 Å². The van der Waals surface area contributed by atoms with Crippen LogP contribution in [-0.4, -0.2) is 37.5 Å². The molecule has 2 aromatic rings. The Balaban J connectivity index is 1.20. The number of fused-ring (bicyclic) bond motifs is 1.